The molecule has 170 valence electrons. The second-order valence-corrected chi connectivity index (χ2v) is 8.67. The second kappa shape index (κ2) is 10.4. The lowest BCUT2D eigenvalue weighted by Gasteiger charge is -2.15. The highest BCUT2D eigenvalue weighted by atomic mass is 19.1. The number of pyridine rings is 1. The molecule has 2 aromatic carbocycles. The van der Waals surface area contributed by atoms with E-state index < -0.39 is 0 Å². The van der Waals surface area contributed by atoms with Crippen LogP contribution in [0.3, 0.4) is 0 Å². The quantitative estimate of drug-likeness (QED) is 0.495. The maximum Gasteiger partial charge on any atom is 0.251 e. The van der Waals surface area contributed by atoms with Crippen molar-refractivity contribution in [2.24, 2.45) is 5.92 Å². The molecule has 33 heavy (non-hydrogen) atoms. The average molecular weight is 446 g/mol. The Morgan fingerprint density at radius 3 is 2.55 bits per heavy atom. The number of halogens is 1. The molecule has 1 atom stereocenters. The van der Waals surface area contributed by atoms with Crippen molar-refractivity contribution in [3.05, 3.63) is 89.5 Å². The predicted octanol–water partition coefficient (Wildman–Crippen LogP) is 4.84. The Morgan fingerprint density at radius 2 is 1.79 bits per heavy atom. The Bertz CT molecular complexity index is 1130. The first-order chi connectivity index (χ1) is 16.0. The van der Waals surface area contributed by atoms with E-state index in [9.17, 15) is 14.0 Å². The summed E-state index contributed by atoms with van der Waals surface area (Å²) in [6.07, 6.45) is 6.06. The lowest BCUT2D eigenvalue weighted by Crippen LogP contribution is -2.26. The maximum absolute atomic E-state index is 13.1. The van der Waals surface area contributed by atoms with E-state index >= 15 is 0 Å². The SMILES string of the molecule is CC(CC(=O)NCc1cnccc1-c1ccccc1C(=O)NCC1CC1)c1ccc(F)cc1. The molecule has 0 aliphatic heterocycles. The molecule has 1 fully saturated rings. The van der Waals surface area contributed by atoms with Crippen molar-refractivity contribution >= 4 is 11.8 Å². The average Bonchev–Trinajstić information content (AvgIpc) is 3.66. The van der Waals surface area contributed by atoms with Crippen LogP contribution in [0.4, 0.5) is 4.39 Å². The summed E-state index contributed by atoms with van der Waals surface area (Å²) in [6, 6.07) is 15.6. The molecule has 1 heterocycles. The Morgan fingerprint density at radius 1 is 1.03 bits per heavy atom. The molecule has 2 amide bonds. The molecule has 6 heteroatoms. The monoisotopic (exact) mass is 445 g/mol. The molecular weight excluding hydrogens is 417 g/mol. The lowest BCUT2D eigenvalue weighted by atomic mass is 9.95. The Kier molecular flexibility index (Phi) is 7.13. The third kappa shape index (κ3) is 6.04. The second-order valence-electron chi connectivity index (χ2n) is 8.67. The molecular formula is C27H28FN3O2. The van der Waals surface area contributed by atoms with Crippen molar-refractivity contribution in [1.29, 1.82) is 0 Å². The number of carbonyl (C=O) groups is 2. The van der Waals surface area contributed by atoms with Gasteiger partial charge in [0.05, 0.1) is 0 Å². The molecule has 0 saturated heterocycles. The van der Waals surface area contributed by atoms with Gasteiger partial charge in [-0.15, -0.1) is 0 Å². The first-order valence-corrected chi connectivity index (χ1v) is 11.3. The summed E-state index contributed by atoms with van der Waals surface area (Å²) in [5.74, 6) is 0.0930. The van der Waals surface area contributed by atoms with Gasteiger partial charge in [0.25, 0.3) is 5.91 Å². The molecule has 4 rings (SSSR count). The van der Waals surface area contributed by atoms with E-state index in [-0.39, 0.29) is 23.5 Å². The maximum atomic E-state index is 13.1. The van der Waals surface area contributed by atoms with Crippen molar-refractivity contribution in [1.82, 2.24) is 15.6 Å². The number of nitrogens with one attached hydrogen (secondary N) is 2. The van der Waals surface area contributed by atoms with Gasteiger partial charge in [0.1, 0.15) is 5.82 Å². The highest BCUT2D eigenvalue weighted by Crippen LogP contribution is 2.29. The molecule has 1 unspecified atom stereocenters. The minimum atomic E-state index is -0.291. The number of carbonyl (C=O) groups excluding carboxylic acids is 2. The highest BCUT2D eigenvalue weighted by Gasteiger charge is 2.23. The fourth-order valence-corrected chi connectivity index (χ4v) is 3.85. The number of amides is 2. The normalized spacial score (nSPS) is 13.9. The van der Waals surface area contributed by atoms with Crippen molar-refractivity contribution in [2.75, 3.05) is 6.54 Å². The van der Waals surface area contributed by atoms with Gasteiger partial charge in [-0.25, -0.2) is 4.39 Å². The fourth-order valence-electron chi connectivity index (χ4n) is 3.85. The smallest absolute Gasteiger partial charge is 0.251 e. The molecule has 0 bridgehead atoms. The number of nitrogens with zero attached hydrogens (tertiary/aromatic N) is 1. The lowest BCUT2D eigenvalue weighted by molar-refractivity contribution is -0.121. The topological polar surface area (TPSA) is 71.1 Å². The molecule has 2 N–H and O–H groups in total. The Hall–Kier alpha value is -3.54. The minimum absolute atomic E-state index is 0.0325. The molecule has 5 nitrogen and oxygen atoms in total. The molecule has 0 radical (unpaired) electrons. The zero-order chi connectivity index (χ0) is 23.2. The van der Waals surface area contributed by atoms with Gasteiger partial charge in [-0.05, 0) is 71.2 Å². The van der Waals surface area contributed by atoms with Gasteiger partial charge in [0, 0.05) is 37.5 Å². The van der Waals surface area contributed by atoms with Gasteiger partial charge < -0.3 is 10.6 Å². The summed E-state index contributed by atoms with van der Waals surface area (Å²) in [5, 5.41) is 6.00. The van der Waals surface area contributed by atoms with Crippen LogP contribution in [0.5, 0.6) is 0 Å². The molecule has 3 aromatic rings. The van der Waals surface area contributed by atoms with E-state index in [1.807, 2.05) is 37.3 Å². The van der Waals surface area contributed by atoms with E-state index in [4.69, 9.17) is 0 Å². The first kappa shape index (κ1) is 22.6. The van der Waals surface area contributed by atoms with Crippen LogP contribution in [-0.2, 0) is 11.3 Å². The molecule has 1 aliphatic carbocycles. The number of aromatic nitrogens is 1. The van der Waals surface area contributed by atoms with Gasteiger partial charge >= 0.3 is 0 Å². The summed E-state index contributed by atoms with van der Waals surface area (Å²) >= 11 is 0. The summed E-state index contributed by atoms with van der Waals surface area (Å²) in [5.41, 5.74) is 4.05. The van der Waals surface area contributed by atoms with E-state index in [0.717, 1.165) is 22.3 Å². The summed E-state index contributed by atoms with van der Waals surface area (Å²) < 4.78 is 13.1. The van der Waals surface area contributed by atoms with Crippen LogP contribution in [0.1, 0.15) is 53.6 Å². The summed E-state index contributed by atoms with van der Waals surface area (Å²) in [6.45, 7) is 2.95. The van der Waals surface area contributed by atoms with Crippen LogP contribution >= 0.6 is 0 Å². The van der Waals surface area contributed by atoms with Gasteiger partial charge in [0.15, 0.2) is 0 Å². The van der Waals surface area contributed by atoms with Crippen LogP contribution in [0.15, 0.2) is 67.0 Å². The fraction of sp³-hybridized carbons (Fsp3) is 0.296. The van der Waals surface area contributed by atoms with E-state index in [1.54, 1.807) is 24.5 Å². The van der Waals surface area contributed by atoms with Crippen molar-refractivity contribution in [2.45, 2.75) is 38.6 Å². The number of rotatable bonds is 9. The van der Waals surface area contributed by atoms with Gasteiger partial charge in [-0.3, -0.25) is 14.6 Å². The Labute approximate surface area is 193 Å². The largest absolute Gasteiger partial charge is 0.352 e. The van der Waals surface area contributed by atoms with Gasteiger partial charge in [0.2, 0.25) is 5.91 Å². The van der Waals surface area contributed by atoms with Crippen molar-refractivity contribution in [3.63, 3.8) is 0 Å². The zero-order valence-corrected chi connectivity index (χ0v) is 18.7. The number of hydrogen-bond acceptors (Lipinski definition) is 3. The molecule has 1 aliphatic rings. The minimum Gasteiger partial charge on any atom is -0.352 e. The third-order valence-electron chi connectivity index (χ3n) is 6.02. The number of benzene rings is 2. The third-order valence-corrected chi connectivity index (χ3v) is 6.02. The molecule has 1 saturated carbocycles. The summed E-state index contributed by atoms with van der Waals surface area (Å²) in [4.78, 5) is 29.6. The predicted molar refractivity (Wildman–Crippen MR) is 126 cm³/mol. The van der Waals surface area contributed by atoms with E-state index in [1.165, 1.54) is 25.0 Å². The standard InChI is InChI=1S/C27H28FN3O2/c1-18(20-8-10-22(28)11-9-20)14-26(32)30-17-21-16-29-13-12-23(21)24-4-2-3-5-25(24)27(33)31-15-19-6-7-19/h2-5,8-13,16,18-19H,6-7,14-15,17H2,1H3,(H,30,32)(H,31,33). The Balaban J connectivity index is 1.44. The van der Waals surface area contributed by atoms with Crippen LogP contribution in [0.25, 0.3) is 11.1 Å². The molecule has 1 aromatic heterocycles. The van der Waals surface area contributed by atoms with Crippen LogP contribution in [0.2, 0.25) is 0 Å². The first-order valence-electron chi connectivity index (χ1n) is 11.3. The van der Waals surface area contributed by atoms with Gasteiger partial charge in [-0.1, -0.05) is 37.3 Å². The zero-order valence-electron chi connectivity index (χ0n) is 18.7. The van der Waals surface area contributed by atoms with Gasteiger partial charge in [-0.2, -0.15) is 0 Å². The van der Waals surface area contributed by atoms with Crippen LogP contribution in [0, 0.1) is 11.7 Å². The molecule has 0 spiro atoms. The van der Waals surface area contributed by atoms with Crippen LogP contribution < -0.4 is 10.6 Å². The van der Waals surface area contributed by atoms with E-state index in [0.29, 0.717) is 31.0 Å². The van der Waals surface area contributed by atoms with Crippen molar-refractivity contribution < 1.29 is 14.0 Å². The number of hydrogen-bond donors (Lipinski definition) is 2. The van der Waals surface area contributed by atoms with Crippen molar-refractivity contribution in [3.8, 4) is 11.1 Å². The van der Waals surface area contributed by atoms with Crippen LogP contribution in [-0.4, -0.2) is 23.3 Å². The summed E-state index contributed by atoms with van der Waals surface area (Å²) in [7, 11) is 0. The van der Waals surface area contributed by atoms with E-state index in [2.05, 4.69) is 15.6 Å². The highest BCUT2D eigenvalue weighted by molar-refractivity contribution is 6.01.